The Kier molecular flexibility index (Phi) is 5.64. The van der Waals surface area contributed by atoms with Crippen LogP contribution in [0.3, 0.4) is 0 Å². The summed E-state index contributed by atoms with van der Waals surface area (Å²) in [5, 5.41) is 2.53. The molecule has 6 heteroatoms. The van der Waals surface area contributed by atoms with Crippen LogP contribution >= 0.6 is 0 Å². The largest absolute Gasteiger partial charge is 0.385 e. The van der Waals surface area contributed by atoms with Gasteiger partial charge in [0.1, 0.15) is 0 Å². The van der Waals surface area contributed by atoms with E-state index in [1.54, 1.807) is 7.11 Å². The molecule has 1 N–H and O–H groups in total. The van der Waals surface area contributed by atoms with Gasteiger partial charge in [-0.05, 0) is 12.5 Å². The molecule has 100 valence electrons. The maximum Gasteiger partial charge on any atom is 0.224 e. The Hall–Kier alpha value is -1.56. The summed E-state index contributed by atoms with van der Waals surface area (Å²) in [4.78, 5) is 11.4. The molecule has 0 saturated carbocycles. The molecular weight excluding hydrogens is 247 g/mol. The lowest BCUT2D eigenvalue weighted by Gasteiger charge is -2.06. The van der Waals surface area contributed by atoms with Gasteiger partial charge in [0.25, 0.3) is 0 Å². The van der Waals surface area contributed by atoms with Crippen LogP contribution in [0.5, 0.6) is 0 Å². The zero-order valence-electron chi connectivity index (χ0n) is 9.93. The van der Waals surface area contributed by atoms with Crippen molar-refractivity contribution in [3.05, 3.63) is 35.1 Å². The summed E-state index contributed by atoms with van der Waals surface area (Å²) >= 11 is 0. The van der Waals surface area contributed by atoms with Crippen molar-refractivity contribution in [2.45, 2.75) is 12.8 Å². The van der Waals surface area contributed by atoms with Gasteiger partial charge in [0.05, 0.1) is 6.42 Å². The van der Waals surface area contributed by atoms with Crippen LogP contribution in [0, 0.1) is 17.5 Å². The monoisotopic (exact) mass is 261 g/mol. The molecule has 0 aliphatic rings. The summed E-state index contributed by atoms with van der Waals surface area (Å²) in [5.41, 5.74) is -0.168. The van der Waals surface area contributed by atoms with Crippen molar-refractivity contribution in [2.75, 3.05) is 20.3 Å². The highest BCUT2D eigenvalue weighted by atomic mass is 19.2. The number of amides is 1. The van der Waals surface area contributed by atoms with Crippen LogP contribution < -0.4 is 5.32 Å². The van der Waals surface area contributed by atoms with Crippen LogP contribution in [-0.2, 0) is 16.0 Å². The Morgan fingerprint density at radius 3 is 2.67 bits per heavy atom. The third kappa shape index (κ3) is 4.03. The van der Waals surface area contributed by atoms with Crippen LogP contribution in [0.4, 0.5) is 13.2 Å². The van der Waals surface area contributed by atoms with E-state index in [1.807, 2.05) is 0 Å². The molecular formula is C12H14F3NO2. The summed E-state index contributed by atoms with van der Waals surface area (Å²) < 4.78 is 43.6. The highest BCUT2D eigenvalue weighted by Crippen LogP contribution is 2.15. The molecule has 0 aromatic heterocycles. The number of ether oxygens (including phenoxy) is 1. The fourth-order valence-corrected chi connectivity index (χ4v) is 1.38. The molecule has 0 spiro atoms. The summed E-state index contributed by atoms with van der Waals surface area (Å²) in [6.07, 6.45) is 0.304. The van der Waals surface area contributed by atoms with E-state index in [9.17, 15) is 18.0 Å². The minimum atomic E-state index is -1.56. The number of rotatable bonds is 6. The number of benzene rings is 1. The standard InChI is InChI=1S/C12H14F3NO2/c1-18-6-2-5-16-10(17)7-8-3-4-9(13)12(15)11(8)14/h3-4H,2,5-7H2,1H3,(H,16,17). The van der Waals surface area contributed by atoms with E-state index in [4.69, 9.17) is 4.74 Å². The third-order valence-electron chi connectivity index (χ3n) is 2.31. The molecule has 3 nitrogen and oxygen atoms in total. The molecule has 0 aliphatic heterocycles. The van der Waals surface area contributed by atoms with Crippen molar-refractivity contribution >= 4 is 5.91 Å². The van der Waals surface area contributed by atoms with Crippen molar-refractivity contribution in [1.82, 2.24) is 5.32 Å². The Balaban J connectivity index is 2.52. The lowest BCUT2D eigenvalue weighted by molar-refractivity contribution is -0.120. The number of hydrogen-bond acceptors (Lipinski definition) is 2. The maximum atomic E-state index is 13.3. The van der Waals surface area contributed by atoms with E-state index in [0.717, 1.165) is 12.1 Å². The quantitative estimate of drug-likeness (QED) is 0.626. The number of carbonyl (C=O) groups is 1. The maximum absolute atomic E-state index is 13.3. The molecule has 0 heterocycles. The number of halogens is 3. The fourth-order valence-electron chi connectivity index (χ4n) is 1.38. The summed E-state index contributed by atoms with van der Waals surface area (Å²) in [5.74, 6) is -4.59. The van der Waals surface area contributed by atoms with E-state index in [1.165, 1.54) is 0 Å². The molecule has 0 atom stereocenters. The summed E-state index contributed by atoms with van der Waals surface area (Å²) in [6.45, 7) is 0.887. The average molecular weight is 261 g/mol. The number of hydrogen-bond donors (Lipinski definition) is 1. The second-order valence-electron chi connectivity index (χ2n) is 3.71. The molecule has 0 bridgehead atoms. The Labute approximate surface area is 103 Å². The first kappa shape index (κ1) is 14.5. The van der Waals surface area contributed by atoms with Gasteiger partial charge in [-0.2, -0.15) is 0 Å². The predicted molar refractivity (Wildman–Crippen MR) is 59.5 cm³/mol. The second-order valence-corrected chi connectivity index (χ2v) is 3.71. The minimum absolute atomic E-state index is 0.168. The van der Waals surface area contributed by atoms with Gasteiger partial charge < -0.3 is 10.1 Å². The molecule has 1 aromatic carbocycles. The minimum Gasteiger partial charge on any atom is -0.385 e. The first-order valence-corrected chi connectivity index (χ1v) is 5.44. The van der Waals surface area contributed by atoms with Gasteiger partial charge in [0.2, 0.25) is 5.91 Å². The highest BCUT2D eigenvalue weighted by Gasteiger charge is 2.15. The third-order valence-corrected chi connectivity index (χ3v) is 2.31. The Bertz CT molecular complexity index is 424. The van der Waals surface area contributed by atoms with E-state index in [2.05, 4.69) is 5.32 Å². The number of methoxy groups -OCH3 is 1. The molecule has 0 fully saturated rings. The molecule has 0 radical (unpaired) electrons. The summed E-state index contributed by atoms with van der Waals surface area (Å²) in [7, 11) is 1.54. The van der Waals surface area contributed by atoms with Gasteiger partial charge in [0.15, 0.2) is 17.5 Å². The van der Waals surface area contributed by atoms with Gasteiger partial charge in [-0.15, -0.1) is 0 Å². The Morgan fingerprint density at radius 1 is 1.28 bits per heavy atom. The topological polar surface area (TPSA) is 38.3 Å². The van der Waals surface area contributed by atoms with E-state index >= 15 is 0 Å². The Morgan fingerprint density at radius 2 is 2.00 bits per heavy atom. The van der Waals surface area contributed by atoms with Gasteiger partial charge in [-0.3, -0.25) is 4.79 Å². The van der Waals surface area contributed by atoms with Crippen LogP contribution in [0.25, 0.3) is 0 Å². The highest BCUT2D eigenvalue weighted by molar-refractivity contribution is 5.78. The lowest BCUT2D eigenvalue weighted by atomic mass is 10.1. The number of nitrogens with one attached hydrogen (secondary N) is 1. The normalized spacial score (nSPS) is 10.4. The van der Waals surface area contributed by atoms with Crippen molar-refractivity contribution < 1.29 is 22.7 Å². The van der Waals surface area contributed by atoms with Crippen molar-refractivity contribution in [2.24, 2.45) is 0 Å². The van der Waals surface area contributed by atoms with E-state index < -0.39 is 23.4 Å². The van der Waals surface area contributed by atoms with Gasteiger partial charge >= 0.3 is 0 Å². The van der Waals surface area contributed by atoms with Gasteiger partial charge in [-0.1, -0.05) is 6.07 Å². The molecule has 0 aliphatic carbocycles. The first-order valence-electron chi connectivity index (χ1n) is 5.44. The van der Waals surface area contributed by atoms with E-state index in [0.29, 0.717) is 19.6 Å². The van der Waals surface area contributed by atoms with Crippen LogP contribution in [0.2, 0.25) is 0 Å². The van der Waals surface area contributed by atoms with E-state index in [-0.39, 0.29) is 12.0 Å². The van der Waals surface area contributed by atoms with Crippen LogP contribution in [0.1, 0.15) is 12.0 Å². The SMILES string of the molecule is COCCCNC(=O)Cc1ccc(F)c(F)c1F. The van der Waals surface area contributed by atoms with Gasteiger partial charge in [-0.25, -0.2) is 13.2 Å². The summed E-state index contributed by atoms with van der Waals surface area (Å²) in [6, 6.07) is 1.86. The van der Waals surface area contributed by atoms with Crippen molar-refractivity contribution in [3.8, 4) is 0 Å². The number of carbonyl (C=O) groups excluding carboxylic acids is 1. The molecule has 0 unspecified atom stereocenters. The van der Waals surface area contributed by atoms with Crippen LogP contribution in [0.15, 0.2) is 12.1 Å². The average Bonchev–Trinajstić information content (AvgIpc) is 2.35. The zero-order chi connectivity index (χ0) is 13.5. The first-order chi connectivity index (χ1) is 8.56. The molecule has 1 amide bonds. The van der Waals surface area contributed by atoms with Crippen molar-refractivity contribution in [1.29, 1.82) is 0 Å². The van der Waals surface area contributed by atoms with Crippen molar-refractivity contribution in [3.63, 3.8) is 0 Å². The lowest BCUT2D eigenvalue weighted by Crippen LogP contribution is -2.27. The molecule has 1 rings (SSSR count). The van der Waals surface area contributed by atoms with Gasteiger partial charge in [0, 0.05) is 25.8 Å². The fraction of sp³-hybridized carbons (Fsp3) is 0.417. The predicted octanol–water partition coefficient (Wildman–Crippen LogP) is 1.80. The molecule has 0 saturated heterocycles. The molecule has 18 heavy (non-hydrogen) atoms. The van der Waals surface area contributed by atoms with Crippen LogP contribution in [-0.4, -0.2) is 26.2 Å². The zero-order valence-corrected chi connectivity index (χ0v) is 9.93. The second kappa shape index (κ2) is 7.00. The molecule has 1 aromatic rings. The smallest absolute Gasteiger partial charge is 0.224 e.